The van der Waals surface area contributed by atoms with Crippen LogP contribution in [0.15, 0.2) is 0 Å². The molecule has 0 aromatic heterocycles. The second-order valence-corrected chi connectivity index (χ2v) is 6.18. The number of carbonyl (C=O) groups is 1. The SMILES string of the molecule is CCC1CCCN(C(C)(C)CNC(=O)C(C)N)C1. The Morgan fingerprint density at radius 1 is 1.56 bits per heavy atom. The number of likely N-dealkylation sites (tertiary alicyclic amines) is 1. The van der Waals surface area contributed by atoms with Crippen molar-refractivity contribution in [3.8, 4) is 0 Å². The number of nitrogens with zero attached hydrogens (tertiary/aromatic N) is 1. The van der Waals surface area contributed by atoms with E-state index in [1.165, 1.54) is 19.3 Å². The Morgan fingerprint density at radius 2 is 2.22 bits per heavy atom. The number of amides is 1. The summed E-state index contributed by atoms with van der Waals surface area (Å²) >= 11 is 0. The summed E-state index contributed by atoms with van der Waals surface area (Å²) in [6.45, 7) is 11.3. The molecular weight excluding hydrogens is 226 g/mol. The molecule has 1 heterocycles. The van der Waals surface area contributed by atoms with E-state index < -0.39 is 6.04 Å². The number of hydrogen-bond acceptors (Lipinski definition) is 3. The minimum atomic E-state index is -0.425. The van der Waals surface area contributed by atoms with Crippen LogP contribution in [0.4, 0.5) is 0 Å². The predicted molar refractivity (Wildman–Crippen MR) is 75.3 cm³/mol. The topological polar surface area (TPSA) is 58.4 Å². The minimum Gasteiger partial charge on any atom is -0.353 e. The first-order valence-corrected chi connectivity index (χ1v) is 7.15. The minimum absolute atomic E-state index is 0.0123. The van der Waals surface area contributed by atoms with Crippen LogP contribution >= 0.6 is 0 Å². The monoisotopic (exact) mass is 255 g/mol. The Hall–Kier alpha value is -0.610. The van der Waals surface area contributed by atoms with Gasteiger partial charge in [0.15, 0.2) is 0 Å². The van der Waals surface area contributed by atoms with Crippen LogP contribution in [-0.2, 0) is 4.79 Å². The molecule has 0 radical (unpaired) electrons. The standard InChI is InChI=1S/C14H29N3O/c1-5-12-7-6-8-17(9-12)14(3,4)10-16-13(18)11(2)15/h11-12H,5-10,15H2,1-4H3,(H,16,18). The van der Waals surface area contributed by atoms with Gasteiger partial charge in [-0.05, 0) is 46.1 Å². The summed E-state index contributed by atoms with van der Waals surface area (Å²) in [7, 11) is 0. The first kappa shape index (κ1) is 15.4. The van der Waals surface area contributed by atoms with Crippen LogP contribution in [0, 0.1) is 5.92 Å². The Bertz CT molecular complexity index is 276. The van der Waals surface area contributed by atoms with Gasteiger partial charge >= 0.3 is 0 Å². The molecule has 1 fully saturated rings. The van der Waals surface area contributed by atoms with Gasteiger partial charge in [-0.1, -0.05) is 13.3 Å². The van der Waals surface area contributed by atoms with E-state index in [-0.39, 0.29) is 11.4 Å². The van der Waals surface area contributed by atoms with E-state index >= 15 is 0 Å². The van der Waals surface area contributed by atoms with E-state index in [9.17, 15) is 4.79 Å². The molecule has 1 aliphatic rings. The third kappa shape index (κ3) is 4.25. The van der Waals surface area contributed by atoms with Crippen molar-refractivity contribution in [1.29, 1.82) is 0 Å². The van der Waals surface area contributed by atoms with Gasteiger partial charge in [-0.2, -0.15) is 0 Å². The van der Waals surface area contributed by atoms with Gasteiger partial charge in [-0.15, -0.1) is 0 Å². The van der Waals surface area contributed by atoms with Crippen molar-refractivity contribution in [3.63, 3.8) is 0 Å². The molecule has 18 heavy (non-hydrogen) atoms. The number of hydrogen-bond donors (Lipinski definition) is 2. The van der Waals surface area contributed by atoms with Crippen LogP contribution < -0.4 is 11.1 Å². The van der Waals surface area contributed by atoms with Crippen molar-refractivity contribution in [2.75, 3.05) is 19.6 Å². The lowest BCUT2D eigenvalue weighted by Crippen LogP contribution is -2.56. The molecule has 1 amide bonds. The molecule has 3 N–H and O–H groups in total. The molecule has 0 aromatic rings. The van der Waals surface area contributed by atoms with E-state index in [4.69, 9.17) is 5.73 Å². The second kappa shape index (κ2) is 6.53. The zero-order valence-electron chi connectivity index (χ0n) is 12.3. The van der Waals surface area contributed by atoms with Crippen LogP contribution in [0.3, 0.4) is 0 Å². The molecule has 1 rings (SSSR count). The first-order valence-electron chi connectivity index (χ1n) is 7.15. The molecule has 1 saturated heterocycles. The highest BCUT2D eigenvalue weighted by molar-refractivity contribution is 5.81. The number of piperidine rings is 1. The van der Waals surface area contributed by atoms with Gasteiger partial charge in [0.25, 0.3) is 0 Å². The Kier molecular flexibility index (Phi) is 5.60. The molecule has 0 saturated carbocycles. The lowest BCUT2D eigenvalue weighted by atomic mass is 9.91. The molecule has 0 aromatic carbocycles. The van der Waals surface area contributed by atoms with Gasteiger partial charge in [-0.3, -0.25) is 9.69 Å². The normalized spacial score (nSPS) is 23.7. The van der Waals surface area contributed by atoms with Gasteiger partial charge < -0.3 is 11.1 Å². The summed E-state index contributed by atoms with van der Waals surface area (Å²) in [5.41, 5.74) is 5.57. The van der Waals surface area contributed by atoms with Crippen molar-refractivity contribution < 1.29 is 4.79 Å². The summed E-state index contributed by atoms with van der Waals surface area (Å²) in [4.78, 5) is 14.0. The largest absolute Gasteiger partial charge is 0.353 e. The third-order valence-electron chi connectivity index (χ3n) is 4.06. The Labute approximate surface area is 111 Å². The number of carbonyl (C=O) groups excluding carboxylic acids is 1. The van der Waals surface area contributed by atoms with Crippen molar-refractivity contribution in [2.24, 2.45) is 11.7 Å². The zero-order chi connectivity index (χ0) is 13.8. The van der Waals surface area contributed by atoms with Crippen LogP contribution in [0.1, 0.15) is 47.0 Å². The maximum Gasteiger partial charge on any atom is 0.236 e. The molecule has 0 aliphatic carbocycles. The molecule has 2 atom stereocenters. The molecule has 2 unspecified atom stereocenters. The first-order chi connectivity index (χ1) is 8.36. The number of nitrogens with two attached hydrogens (primary N) is 1. The fourth-order valence-electron chi connectivity index (χ4n) is 2.52. The lowest BCUT2D eigenvalue weighted by Gasteiger charge is -2.43. The average Bonchev–Trinajstić information content (AvgIpc) is 2.36. The smallest absolute Gasteiger partial charge is 0.236 e. The van der Waals surface area contributed by atoms with E-state index in [0.29, 0.717) is 6.54 Å². The van der Waals surface area contributed by atoms with E-state index in [1.54, 1.807) is 6.92 Å². The summed E-state index contributed by atoms with van der Waals surface area (Å²) in [6.07, 6.45) is 3.86. The van der Waals surface area contributed by atoms with Crippen molar-refractivity contribution >= 4 is 5.91 Å². The molecular formula is C14H29N3O. The maximum absolute atomic E-state index is 11.5. The summed E-state index contributed by atoms with van der Waals surface area (Å²) in [5, 5.41) is 2.95. The summed E-state index contributed by atoms with van der Waals surface area (Å²) in [6, 6.07) is -0.425. The zero-order valence-corrected chi connectivity index (χ0v) is 12.3. The van der Waals surface area contributed by atoms with Crippen LogP contribution in [0.25, 0.3) is 0 Å². The lowest BCUT2D eigenvalue weighted by molar-refractivity contribution is -0.122. The average molecular weight is 255 g/mol. The van der Waals surface area contributed by atoms with Crippen LogP contribution in [-0.4, -0.2) is 42.0 Å². The van der Waals surface area contributed by atoms with E-state index in [0.717, 1.165) is 19.0 Å². The van der Waals surface area contributed by atoms with Crippen LogP contribution in [0.2, 0.25) is 0 Å². The summed E-state index contributed by atoms with van der Waals surface area (Å²) < 4.78 is 0. The fourth-order valence-corrected chi connectivity index (χ4v) is 2.52. The quantitative estimate of drug-likeness (QED) is 0.779. The molecule has 1 aliphatic heterocycles. The van der Waals surface area contributed by atoms with E-state index in [2.05, 4.69) is 31.0 Å². The van der Waals surface area contributed by atoms with Gasteiger partial charge in [-0.25, -0.2) is 0 Å². The second-order valence-electron chi connectivity index (χ2n) is 6.18. The Morgan fingerprint density at radius 3 is 2.78 bits per heavy atom. The van der Waals surface area contributed by atoms with Crippen molar-refractivity contribution in [1.82, 2.24) is 10.2 Å². The summed E-state index contributed by atoms with van der Waals surface area (Å²) in [5.74, 6) is 0.745. The fraction of sp³-hybridized carbons (Fsp3) is 0.929. The predicted octanol–water partition coefficient (Wildman–Crippen LogP) is 1.35. The van der Waals surface area contributed by atoms with Crippen LogP contribution in [0.5, 0.6) is 0 Å². The van der Waals surface area contributed by atoms with Gasteiger partial charge in [0.2, 0.25) is 5.91 Å². The number of nitrogens with one attached hydrogen (secondary N) is 1. The molecule has 106 valence electrons. The highest BCUT2D eigenvalue weighted by Gasteiger charge is 2.31. The highest BCUT2D eigenvalue weighted by Crippen LogP contribution is 2.25. The highest BCUT2D eigenvalue weighted by atomic mass is 16.2. The molecule has 4 nitrogen and oxygen atoms in total. The molecule has 0 bridgehead atoms. The molecule has 4 heteroatoms. The van der Waals surface area contributed by atoms with Crippen molar-refractivity contribution in [2.45, 2.75) is 58.5 Å². The molecule has 0 spiro atoms. The van der Waals surface area contributed by atoms with Gasteiger partial charge in [0, 0.05) is 18.6 Å². The van der Waals surface area contributed by atoms with Gasteiger partial charge in [0.05, 0.1) is 6.04 Å². The Balaban J connectivity index is 2.49. The van der Waals surface area contributed by atoms with Gasteiger partial charge in [0.1, 0.15) is 0 Å². The maximum atomic E-state index is 11.5. The number of rotatable bonds is 5. The third-order valence-corrected chi connectivity index (χ3v) is 4.06. The van der Waals surface area contributed by atoms with E-state index in [1.807, 2.05) is 0 Å². The van der Waals surface area contributed by atoms with Crippen molar-refractivity contribution in [3.05, 3.63) is 0 Å².